The van der Waals surface area contributed by atoms with Gasteiger partial charge in [0.15, 0.2) is 0 Å². The van der Waals surface area contributed by atoms with Gasteiger partial charge in [-0.3, -0.25) is 4.79 Å². The van der Waals surface area contributed by atoms with Gasteiger partial charge in [-0.1, -0.05) is 42.4 Å². The Morgan fingerprint density at radius 3 is 2.48 bits per heavy atom. The highest BCUT2D eigenvalue weighted by Gasteiger charge is 2.35. The molecule has 0 spiro atoms. The molecular formula is C22H23N3O2. The predicted octanol–water partition coefficient (Wildman–Crippen LogP) is 4.44. The van der Waals surface area contributed by atoms with Crippen molar-refractivity contribution in [2.45, 2.75) is 39.5 Å². The molecule has 1 unspecified atom stereocenters. The molecule has 0 aliphatic carbocycles. The molecule has 5 heteroatoms. The average molecular weight is 361 g/mol. The van der Waals surface area contributed by atoms with Gasteiger partial charge in [-0.05, 0) is 49.1 Å². The van der Waals surface area contributed by atoms with E-state index in [4.69, 9.17) is 4.52 Å². The first-order valence-electron chi connectivity index (χ1n) is 9.35. The lowest BCUT2D eigenvalue weighted by molar-refractivity contribution is -0.117. The smallest absolute Gasteiger partial charge is 0.232 e. The van der Waals surface area contributed by atoms with E-state index in [2.05, 4.69) is 35.3 Å². The monoisotopic (exact) mass is 361 g/mol. The minimum atomic E-state index is -0.0746. The number of carbonyl (C=O) groups excluding carboxylic acids is 1. The van der Waals surface area contributed by atoms with Crippen LogP contribution in [-0.2, 0) is 11.2 Å². The molecule has 0 N–H and O–H groups in total. The number of carbonyl (C=O) groups is 1. The van der Waals surface area contributed by atoms with E-state index < -0.39 is 0 Å². The lowest BCUT2D eigenvalue weighted by atomic mass is 10.1. The number of amides is 1. The molecule has 0 bridgehead atoms. The van der Waals surface area contributed by atoms with Crippen LogP contribution in [0.4, 0.5) is 5.69 Å². The highest BCUT2D eigenvalue weighted by atomic mass is 16.5. The Balaban J connectivity index is 1.54. The number of aromatic nitrogens is 2. The molecule has 0 saturated carbocycles. The van der Waals surface area contributed by atoms with Crippen molar-refractivity contribution in [3.05, 3.63) is 65.0 Å². The predicted molar refractivity (Wildman–Crippen MR) is 105 cm³/mol. The van der Waals surface area contributed by atoms with Gasteiger partial charge in [-0.2, -0.15) is 4.98 Å². The fraction of sp³-hybridized carbons (Fsp3) is 0.318. The van der Waals surface area contributed by atoms with Crippen molar-refractivity contribution < 1.29 is 9.32 Å². The molecule has 3 aromatic rings. The Bertz CT molecular complexity index is 955. The van der Waals surface area contributed by atoms with E-state index in [9.17, 15) is 4.79 Å². The third-order valence-corrected chi connectivity index (χ3v) is 5.05. The summed E-state index contributed by atoms with van der Waals surface area (Å²) in [5, 5.41) is 4.12. The van der Waals surface area contributed by atoms with Crippen LogP contribution in [0, 0.1) is 13.8 Å². The van der Waals surface area contributed by atoms with Gasteiger partial charge < -0.3 is 9.42 Å². The molecule has 1 atom stereocenters. The lowest BCUT2D eigenvalue weighted by Gasteiger charge is -2.17. The fourth-order valence-electron chi connectivity index (χ4n) is 3.64. The number of benzene rings is 2. The molecule has 1 saturated heterocycles. The van der Waals surface area contributed by atoms with E-state index in [0.717, 1.165) is 28.8 Å². The molecule has 2 heterocycles. The SMILES string of the molecule is CCc1ccc(-c2noc(C3CC(=O)N(c4cc(C)cc(C)c4)C3)n2)cc1. The van der Waals surface area contributed by atoms with Crippen LogP contribution in [0.3, 0.4) is 0 Å². The van der Waals surface area contributed by atoms with Crippen LogP contribution >= 0.6 is 0 Å². The van der Waals surface area contributed by atoms with Crippen LogP contribution < -0.4 is 4.90 Å². The van der Waals surface area contributed by atoms with Crippen molar-refractivity contribution in [2.24, 2.45) is 0 Å². The molecule has 138 valence electrons. The molecule has 1 fully saturated rings. The van der Waals surface area contributed by atoms with Crippen LogP contribution in [-0.4, -0.2) is 22.6 Å². The largest absolute Gasteiger partial charge is 0.339 e. The number of hydrogen-bond acceptors (Lipinski definition) is 4. The van der Waals surface area contributed by atoms with Gasteiger partial charge in [-0.15, -0.1) is 0 Å². The van der Waals surface area contributed by atoms with Crippen molar-refractivity contribution in [1.82, 2.24) is 10.1 Å². The summed E-state index contributed by atoms with van der Waals surface area (Å²) < 4.78 is 5.50. The molecule has 5 nitrogen and oxygen atoms in total. The summed E-state index contributed by atoms with van der Waals surface area (Å²) in [4.78, 5) is 18.9. The topological polar surface area (TPSA) is 59.2 Å². The van der Waals surface area contributed by atoms with Crippen LogP contribution in [0.25, 0.3) is 11.4 Å². The second-order valence-electron chi connectivity index (χ2n) is 7.26. The van der Waals surface area contributed by atoms with Gasteiger partial charge in [0.25, 0.3) is 0 Å². The molecule has 2 aromatic carbocycles. The summed E-state index contributed by atoms with van der Waals surface area (Å²) in [6, 6.07) is 14.4. The van der Waals surface area contributed by atoms with Crippen molar-refractivity contribution in [2.75, 3.05) is 11.4 Å². The van der Waals surface area contributed by atoms with Crippen molar-refractivity contribution >= 4 is 11.6 Å². The Kier molecular flexibility index (Phi) is 4.52. The first-order valence-corrected chi connectivity index (χ1v) is 9.35. The van der Waals surface area contributed by atoms with Gasteiger partial charge >= 0.3 is 0 Å². The third-order valence-electron chi connectivity index (χ3n) is 5.05. The Morgan fingerprint density at radius 1 is 1.11 bits per heavy atom. The average Bonchev–Trinajstić information content (AvgIpc) is 3.28. The minimum Gasteiger partial charge on any atom is -0.339 e. The molecule has 1 aromatic heterocycles. The standard InChI is InChI=1S/C22H23N3O2/c1-4-16-5-7-17(8-6-16)21-23-22(27-24-21)18-12-20(26)25(13-18)19-10-14(2)9-15(3)11-19/h5-11,18H,4,12-13H2,1-3H3. The second-order valence-corrected chi connectivity index (χ2v) is 7.26. The number of hydrogen-bond donors (Lipinski definition) is 0. The first kappa shape index (κ1) is 17.5. The van der Waals surface area contributed by atoms with E-state index >= 15 is 0 Å². The first-order chi connectivity index (χ1) is 13.0. The van der Waals surface area contributed by atoms with Crippen molar-refractivity contribution in [1.29, 1.82) is 0 Å². The molecule has 27 heavy (non-hydrogen) atoms. The van der Waals surface area contributed by atoms with Crippen molar-refractivity contribution in [3.8, 4) is 11.4 Å². The van der Waals surface area contributed by atoms with E-state index in [1.165, 1.54) is 5.56 Å². The summed E-state index contributed by atoms with van der Waals surface area (Å²) in [5.74, 6) is 1.13. The van der Waals surface area contributed by atoms with Gasteiger partial charge in [0.2, 0.25) is 17.6 Å². The van der Waals surface area contributed by atoms with Gasteiger partial charge in [-0.25, -0.2) is 0 Å². The van der Waals surface area contributed by atoms with Gasteiger partial charge in [0.1, 0.15) is 0 Å². The molecule has 1 amide bonds. The number of nitrogens with zero attached hydrogens (tertiary/aromatic N) is 3. The number of rotatable bonds is 4. The summed E-state index contributed by atoms with van der Waals surface area (Å²) in [6.07, 6.45) is 1.39. The highest BCUT2D eigenvalue weighted by molar-refractivity contribution is 5.96. The van der Waals surface area contributed by atoms with Crippen LogP contribution in [0.15, 0.2) is 47.0 Å². The third kappa shape index (κ3) is 3.50. The van der Waals surface area contributed by atoms with Gasteiger partial charge in [0.05, 0.1) is 5.92 Å². The lowest BCUT2D eigenvalue weighted by Crippen LogP contribution is -2.24. The molecular weight excluding hydrogens is 338 g/mol. The van der Waals surface area contributed by atoms with E-state index in [1.54, 1.807) is 0 Å². The zero-order valence-corrected chi connectivity index (χ0v) is 15.9. The molecule has 1 aliphatic heterocycles. The van der Waals surface area contributed by atoms with E-state index in [1.807, 2.05) is 43.0 Å². The molecule has 4 rings (SSSR count). The number of aryl methyl sites for hydroxylation is 3. The fourth-order valence-corrected chi connectivity index (χ4v) is 3.64. The van der Waals surface area contributed by atoms with E-state index in [-0.39, 0.29) is 11.8 Å². The van der Waals surface area contributed by atoms with Crippen molar-refractivity contribution in [3.63, 3.8) is 0 Å². The summed E-state index contributed by atoms with van der Waals surface area (Å²) in [6.45, 7) is 6.78. The van der Waals surface area contributed by atoms with Gasteiger partial charge in [0, 0.05) is 24.2 Å². The summed E-state index contributed by atoms with van der Waals surface area (Å²) >= 11 is 0. The van der Waals surface area contributed by atoms with Crippen LogP contribution in [0.5, 0.6) is 0 Å². The van der Waals surface area contributed by atoms with Crippen LogP contribution in [0.2, 0.25) is 0 Å². The summed E-state index contributed by atoms with van der Waals surface area (Å²) in [5.41, 5.74) is 5.44. The quantitative estimate of drug-likeness (QED) is 0.689. The number of anilines is 1. The zero-order valence-electron chi connectivity index (χ0n) is 15.9. The maximum absolute atomic E-state index is 12.6. The molecule has 1 aliphatic rings. The van der Waals surface area contributed by atoms with Crippen LogP contribution in [0.1, 0.15) is 41.8 Å². The highest BCUT2D eigenvalue weighted by Crippen LogP contribution is 2.32. The Labute approximate surface area is 159 Å². The zero-order chi connectivity index (χ0) is 19.0. The minimum absolute atomic E-state index is 0.0746. The summed E-state index contributed by atoms with van der Waals surface area (Å²) in [7, 11) is 0. The van der Waals surface area contributed by atoms with E-state index in [0.29, 0.717) is 24.7 Å². The Morgan fingerprint density at radius 2 is 1.81 bits per heavy atom. The Hall–Kier alpha value is -2.95. The maximum Gasteiger partial charge on any atom is 0.232 e. The normalized spacial score (nSPS) is 16.9. The molecule has 0 radical (unpaired) electrons. The maximum atomic E-state index is 12.6. The second kappa shape index (κ2) is 6.99.